The maximum absolute atomic E-state index is 6.75. The molecule has 1 rings (SSSR count). The third-order valence-electron chi connectivity index (χ3n) is 4.95. The lowest BCUT2D eigenvalue weighted by molar-refractivity contribution is 0.110. The molecule has 0 aromatic heterocycles. The highest BCUT2D eigenvalue weighted by atomic mass is 28.4. The summed E-state index contributed by atoms with van der Waals surface area (Å²) < 4.78 is 13.0. The van der Waals surface area contributed by atoms with Crippen molar-refractivity contribution in [2.45, 2.75) is 90.3 Å². The van der Waals surface area contributed by atoms with Gasteiger partial charge in [-0.25, -0.2) is 0 Å². The molecule has 0 aromatic rings. The highest BCUT2D eigenvalue weighted by molar-refractivity contribution is 6.74. The lowest BCUT2D eigenvalue weighted by atomic mass is 9.88. The predicted molar refractivity (Wildman–Crippen MR) is 107 cm³/mol. The van der Waals surface area contributed by atoms with Gasteiger partial charge in [-0.15, -0.1) is 6.58 Å². The summed E-state index contributed by atoms with van der Waals surface area (Å²) in [6.45, 7) is 22.3. The molecule has 0 saturated heterocycles. The first-order valence-electron chi connectivity index (χ1n) is 9.04. The summed E-state index contributed by atoms with van der Waals surface area (Å²) in [5.41, 5.74) is 0. The Labute approximate surface area is 146 Å². The Bertz CT molecular complexity index is 428. The van der Waals surface area contributed by atoms with Gasteiger partial charge in [0.1, 0.15) is 0 Å². The van der Waals surface area contributed by atoms with E-state index < -0.39 is 16.6 Å². The van der Waals surface area contributed by atoms with Gasteiger partial charge >= 0.3 is 0 Å². The maximum Gasteiger partial charge on any atom is 0.241 e. The van der Waals surface area contributed by atoms with Gasteiger partial charge in [0.2, 0.25) is 8.32 Å². The topological polar surface area (TPSA) is 18.5 Å². The Morgan fingerprint density at radius 1 is 1.22 bits per heavy atom. The van der Waals surface area contributed by atoms with Gasteiger partial charge < -0.3 is 8.85 Å². The molecule has 4 heteroatoms. The summed E-state index contributed by atoms with van der Waals surface area (Å²) in [5, 5.41) is 0.259. The van der Waals surface area contributed by atoms with Crippen molar-refractivity contribution in [2.24, 2.45) is 5.92 Å². The second-order valence-corrected chi connectivity index (χ2v) is 18.5. The number of rotatable bonds is 7. The van der Waals surface area contributed by atoms with E-state index in [9.17, 15) is 0 Å². The van der Waals surface area contributed by atoms with Crippen molar-refractivity contribution in [1.82, 2.24) is 0 Å². The van der Waals surface area contributed by atoms with Crippen molar-refractivity contribution in [3.8, 4) is 0 Å². The van der Waals surface area contributed by atoms with Crippen molar-refractivity contribution in [3.05, 3.63) is 24.5 Å². The summed E-state index contributed by atoms with van der Waals surface area (Å²) in [6, 6.07) is 0. The van der Waals surface area contributed by atoms with Gasteiger partial charge in [-0.1, -0.05) is 26.8 Å². The van der Waals surface area contributed by atoms with Gasteiger partial charge in [-0.2, -0.15) is 0 Å². The minimum Gasteiger partial charge on any atom is -0.548 e. The van der Waals surface area contributed by atoms with E-state index in [4.69, 9.17) is 8.85 Å². The molecule has 1 aliphatic carbocycles. The Morgan fingerprint density at radius 2 is 1.83 bits per heavy atom. The monoisotopic (exact) mass is 354 g/mol. The second kappa shape index (κ2) is 7.70. The molecule has 2 atom stereocenters. The second-order valence-electron chi connectivity index (χ2n) is 9.33. The van der Waals surface area contributed by atoms with Crippen LogP contribution in [-0.4, -0.2) is 22.7 Å². The molecule has 0 bridgehead atoms. The molecule has 23 heavy (non-hydrogen) atoms. The zero-order valence-electron chi connectivity index (χ0n) is 16.7. The van der Waals surface area contributed by atoms with Crippen molar-refractivity contribution < 1.29 is 8.85 Å². The molecule has 2 nitrogen and oxygen atoms in total. The van der Waals surface area contributed by atoms with Gasteiger partial charge in [0.25, 0.3) is 0 Å². The molecule has 0 N–H and O–H groups in total. The summed E-state index contributed by atoms with van der Waals surface area (Å²) in [4.78, 5) is 0. The first-order chi connectivity index (χ1) is 10.4. The fourth-order valence-corrected chi connectivity index (χ4v) is 5.05. The molecule has 0 unspecified atom stereocenters. The lowest BCUT2D eigenvalue weighted by Gasteiger charge is -2.42. The molecule has 0 amide bonds. The van der Waals surface area contributed by atoms with E-state index >= 15 is 0 Å². The first-order valence-corrected chi connectivity index (χ1v) is 15.4. The van der Waals surface area contributed by atoms with Crippen LogP contribution >= 0.6 is 0 Å². The van der Waals surface area contributed by atoms with Crippen LogP contribution in [0.3, 0.4) is 0 Å². The molecule has 134 valence electrons. The quantitative estimate of drug-likeness (QED) is 0.384. The number of hydrogen-bond acceptors (Lipinski definition) is 2. The SMILES string of the molecule is C=CCC[C@@H]1C=C(O[Si](C)(C)C)CC[C@H]1O[Si](C)(C)C(C)(C)C. The zero-order valence-corrected chi connectivity index (χ0v) is 18.7. The third-order valence-corrected chi connectivity index (χ3v) is 10.3. The van der Waals surface area contributed by atoms with Crippen LogP contribution in [-0.2, 0) is 8.85 Å². The van der Waals surface area contributed by atoms with Crippen molar-refractivity contribution in [3.63, 3.8) is 0 Å². The molecule has 0 fully saturated rings. The Hall–Kier alpha value is -0.326. The average molecular weight is 355 g/mol. The molecule has 0 aromatic carbocycles. The maximum atomic E-state index is 6.75. The molecule has 0 aliphatic heterocycles. The van der Waals surface area contributed by atoms with Gasteiger partial charge in [-0.05, 0) is 63.1 Å². The predicted octanol–water partition coefficient (Wildman–Crippen LogP) is 6.49. The van der Waals surface area contributed by atoms with Crippen LogP contribution in [0.2, 0.25) is 37.8 Å². The summed E-state index contributed by atoms with van der Waals surface area (Å²) in [5.74, 6) is 1.66. The van der Waals surface area contributed by atoms with Crippen LogP contribution in [0.5, 0.6) is 0 Å². The van der Waals surface area contributed by atoms with Gasteiger partial charge in [0.05, 0.1) is 11.9 Å². The van der Waals surface area contributed by atoms with E-state index in [1.54, 1.807) is 0 Å². The van der Waals surface area contributed by atoms with Crippen LogP contribution < -0.4 is 0 Å². The number of allylic oxidation sites excluding steroid dienone is 2. The smallest absolute Gasteiger partial charge is 0.241 e. The zero-order chi connectivity index (χ0) is 17.9. The molecular weight excluding hydrogens is 316 g/mol. The Kier molecular flexibility index (Phi) is 6.94. The molecular formula is C19H38O2Si2. The summed E-state index contributed by atoms with van der Waals surface area (Å²) in [7, 11) is -3.25. The fourth-order valence-electron chi connectivity index (χ4n) is 2.69. The Balaban J connectivity index is 2.89. The van der Waals surface area contributed by atoms with E-state index in [1.165, 1.54) is 5.76 Å². The van der Waals surface area contributed by atoms with E-state index in [0.717, 1.165) is 25.7 Å². The lowest BCUT2D eigenvalue weighted by Crippen LogP contribution is -2.46. The molecule has 0 heterocycles. The van der Waals surface area contributed by atoms with Crippen molar-refractivity contribution >= 4 is 16.6 Å². The van der Waals surface area contributed by atoms with E-state index in [1.807, 2.05) is 6.08 Å². The minimum atomic E-state index is -1.73. The van der Waals surface area contributed by atoms with Gasteiger partial charge in [0.15, 0.2) is 8.32 Å². The third kappa shape index (κ3) is 6.59. The van der Waals surface area contributed by atoms with Crippen molar-refractivity contribution in [2.75, 3.05) is 0 Å². The van der Waals surface area contributed by atoms with E-state index in [-0.39, 0.29) is 5.04 Å². The van der Waals surface area contributed by atoms with Gasteiger partial charge in [0, 0.05) is 12.3 Å². The van der Waals surface area contributed by atoms with Crippen LogP contribution in [0.4, 0.5) is 0 Å². The molecule has 0 saturated carbocycles. The minimum absolute atomic E-state index is 0.259. The standard InChI is InChI=1S/C19H38O2Si2/c1-10-11-12-16-15-17(20-22(5,6)7)13-14-18(16)21-23(8,9)19(2,3)4/h10,15-16,18H,1,11-14H2,2-9H3/t16-,18-/m1/s1. The highest BCUT2D eigenvalue weighted by Crippen LogP contribution is 2.41. The first kappa shape index (κ1) is 20.7. The summed E-state index contributed by atoms with van der Waals surface area (Å²) >= 11 is 0. The molecule has 0 radical (unpaired) electrons. The Morgan fingerprint density at radius 3 is 2.30 bits per heavy atom. The largest absolute Gasteiger partial charge is 0.548 e. The van der Waals surface area contributed by atoms with Crippen molar-refractivity contribution in [1.29, 1.82) is 0 Å². The van der Waals surface area contributed by atoms with Crippen LogP contribution in [0.1, 0.15) is 46.5 Å². The molecule has 1 aliphatic rings. The van der Waals surface area contributed by atoms with E-state index in [0.29, 0.717) is 12.0 Å². The fraction of sp³-hybridized carbons (Fsp3) is 0.789. The summed E-state index contributed by atoms with van der Waals surface area (Å²) in [6.07, 6.45) is 8.98. The average Bonchev–Trinajstić information content (AvgIpc) is 2.35. The highest BCUT2D eigenvalue weighted by Gasteiger charge is 2.41. The van der Waals surface area contributed by atoms with Crippen LogP contribution in [0.15, 0.2) is 24.5 Å². The van der Waals surface area contributed by atoms with Gasteiger partial charge in [-0.3, -0.25) is 0 Å². The molecule has 0 spiro atoms. The van der Waals surface area contributed by atoms with Crippen LogP contribution in [0, 0.1) is 5.92 Å². The van der Waals surface area contributed by atoms with E-state index in [2.05, 4.69) is 66.2 Å². The number of hydrogen-bond donors (Lipinski definition) is 0. The normalized spacial score (nSPS) is 23.4. The van der Waals surface area contributed by atoms with Crippen LogP contribution in [0.25, 0.3) is 0 Å².